The number of carbonyl (C=O) groups excluding carboxylic acids is 1. The van der Waals surface area contributed by atoms with Gasteiger partial charge in [-0.05, 0) is 45.3 Å². The number of thioether (sulfide) groups is 1. The number of hydrogen-bond donors (Lipinski definition) is 2. The van der Waals surface area contributed by atoms with Gasteiger partial charge < -0.3 is 14.8 Å². The van der Waals surface area contributed by atoms with E-state index in [-0.39, 0.29) is 12.5 Å². The van der Waals surface area contributed by atoms with Crippen LogP contribution in [0.4, 0.5) is 0 Å². The lowest BCUT2D eigenvalue weighted by molar-refractivity contribution is -0.122. The van der Waals surface area contributed by atoms with Crippen molar-refractivity contribution in [2.45, 2.75) is 39.2 Å². The Morgan fingerprint density at radius 3 is 2.74 bits per heavy atom. The summed E-state index contributed by atoms with van der Waals surface area (Å²) in [5, 5.41) is 13.2. The van der Waals surface area contributed by atoms with E-state index in [9.17, 15) is 9.90 Å². The van der Waals surface area contributed by atoms with E-state index in [1.54, 1.807) is 18.7 Å². The van der Waals surface area contributed by atoms with Gasteiger partial charge in [0.15, 0.2) is 0 Å². The predicted molar refractivity (Wildman–Crippen MR) is 78.4 cm³/mol. The highest BCUT2D eigenvalue weighted by atomic mass is 32.2. The van der Waals surface area contributed by atoms with Crippen molar-refractivity contribution in [3.8, 4) is 0 Å². The quantitative estimate of drug-likeness (QED) is 0.755. The second-order valence-electron chi connectivity index (χ2n) is 4.97. The normalized spacial score (nSPS) is 14.2. The molecular formula is C14H23NO3S. The van der Waals surface area contributed by atoms with E-state index in [0.717, 1.165) is 23.5 Å². The zero-order valence-corrected chi connectivity index (χ0v) is 12.9. The summed E-state index contributed by atoms with van der Waals surface area (Å²) in [7, 11) is 0. The first-order chi connectivity index (χ1) is 8.86. The lowest BCUT2D eigenvalue weighted by atomic mass is 9.96. The predicted octanol–water partition coefficient (Wildman–Crippen LogP) is 2.36. The van der Waals surface area contributed by atoms with Crippen molar-refractivity contribution in [1.82, 2.24) is 5.32 Å². The van der Waals surface area contributed by atoms with Gasteiger partial charge in [0.2, 0.25) is 5.91 Å². The SMILES string of the molecule is CSCCCC(=O)NCC(C)(O)c1cc(C)oc1C. The fourth-order valence-corrected chi connectivity index (χ4v) is 2.43. The first-order valence-corrected chi connectivity index (χ1v) is 7.81. The summed E-state index contributed by atoms with van der Waals surface area (Å²) in [5.74, 6) is 2.41. The van der Waals surface area contributed by atoms with Gasteiger partial charge in [0.25, 0.3) is 0 Å². The first-order valence-electron chi connectivity index (χ1n) is 6.42. The summed E-state index contributed by atoms with van der Waals surface area (Å²) in [6.45, 7) is 5.54. The van der Waals surface area contributed by atoms with Crippen molar-refractivity contribution in [2.24, 2.45) is 0 Å². The highest BCUT2D eigenvalue weighted by molar-refractivity contribution is 7.98. The lowest BCUT2D eigenvalue weighted by Crippen LogP contribution is -2.38. The average Bonchev–Trinajstić information content (AvgIpc) is 2.67. The van der Waals surface area contributed by atoms with Gasteiger partial charge in [0.05, 0.1) is 6.54 Å². The summed E-state index contributed by atoms with van der Waals surface area (Å²) in [6, 6.07) is 1.81. The molecule has 108 valence electrons. The topological polar surface area (TPSA) is 62.5 Å². The summed E-state index contributed by atoms with van der Waals surface area (Å²) in [5.41, 5.74) is -0.369. The highest BCUT2D eigenvalue weighted by Crippen LogP contribution is 2.26. The molecule has 0 spiro atoms. The molecule has 0 radical (unpaired) electrons. The monoisotopic (exact) mass is 285 g/mol. The minimum atomic E-state index is -1.10. The molecule has 0 saturated carbocycles. The van der Waals surface area contributed by atoms with Gasteiger partial charge in [-0.15, -0.1) is 0 Å². The van der Waals surface area contributed by atoms with Crippen LogP contribution in [0.2, 0.25) is 0 Å². The Hall–Kier alpha value is -0.940. The zero-order chi connectivity index (χ0) is 14.5. The number of carbonyl (C=O) groups is 1. The molecule has 0 bridgehead atoms. The molecule has 1 amide bonds. The molecule has 1 atom stereocenters. The molecule has 4 nitrogen and oxygen atoms in total. The Labute approximate surface area is 119 Å². The lowest BCUT2D eigenvalue weighted by Gasteiger charge is -2.23. The maximum Gasteiger partial charge on any atom is 0.220 e. The summed E-state index contributed by atoms with van der Waals surface area (Å²) < 4.78 is 5.41. The molecule has 0 aromatic carbocycles. The van der Waals surface area contributed by atoms with E-state index in [1.165, 1.54) is 0 Å². The van der Waals surface area contributed by atoms with Crippen LogP contribution in [0, 0.1) is 13.8 Å². The number of nitrogens with one attached hydrogen (secondary N) is 1. The van der Waals surface area contributed by atoms with Crippen LogP contribution in [0.5, 0.6) is 0 Å². The van der Waals surface area contributed by atoms with E-state index in [2.05, 4.69) is 5.32 Å². The average molecular weight is 285 g/mol. The molecule has 0 fully saturated rings. The van der Waals surface area contributed by atoms with Crippen LogP contribution in [0.3, 0.4) is 0 Å². The third-order valence-electron chi connectivity index (χ3n) is 3.00. The Morgan fingerprint density at radius 2 is 2.21 bits per heavy atom. The van der Waals surface area contributed by atoms with Crippen LogP contribution in [-0.4, -0.2) is 29.6 Å². The molecular weight excluding hydrogens is 262 g/mol. The van der Waals surface area contributed by atoms with Crippen LogP contribution >= 0.6 is 11.8 Å². The molecule has 1 unspecified atom stereocenters. The molecule has 0 aliphatic rings. The Balaban J connectivity index is 2.51. The van der Waals surface area contributed by atoms with E-state index in [1.807, 2.05) is 26.2 Å². The van der Waals surface area contributed by atoms with Gasteiger partial charge in [-0.3, -0.25) is 4.79 Å². The van der Waals surface area contributed by atoms with Crippen molar-refractivity contribution >= 4 is 17.7 Å². The van der Waals surface area contributed by atoms with Crippen molar-refractivity contribution in [2.75, 3.05) is 18.6 Å². The Morgan fingerprint density at radius 1 is 1.53 bits per heavy atom. The van der Waals surface area contributed by atoms with Gasteiger partial charge in [-0.2, -0.15) is 11.8 Å². The Bertz CT molecular complexity index is 426. The second kappa shape index (κ2) is 7.01. The highest BCUT2D eigenvalue weighted by Gasteiger charge is 2.28. The number of aryl methyl sites for hydroxylation is 2. The number of furan rings is 1. The standard InChI is InChI=1S/C14H23NO3S/c1-10-8-12(11(2)18-10)14(3,17)9-15-13(16)6-5-7-19-4/h8,17H,5-7,9H2,1-4H3,(H,15,16). The summed E-state index contributed by atoms with van der Waals surface area (Å²) in [6.07, 6.45) is 3.38. The van der Waals surface area contributed by atoms with Gasteiger partial charge in [0, 0.05) is 12.0 Å². The largest absolute Gasteiger partial charge is 0.466 e. The van der Waals surface area contributed by atoms with E-state index >= 15 is 0 Å². The van der Waals surface area contributed by atoms with Crippen LogP contribution in [0.25, 0.3) is 0 Å². The van der Waals surface area contributed by atoms with Crippen molar-refractivity contribution in [3.05, 3.63) is 23.2 Å². The molecule has 5 heteroatoms. The number of amides is 1. The van der Waals surface area contributed by atoms with Crippen molar-refractivity contribution in [1.29, 1.82) is 0 Å². The van der Waals surface area contributed by atoms with Crippen molar-refractivity contribution < 1.29 is 14.3 Å². The van der Waals surface area contributed by atoms with Crippen LogP contribution in [0.1, 0.15) is 36.8 Å². The number of hydrogen-bond acceptors (Lipinski definition) is 4. The van der Waals surface area contributed by atoms with Gasteiger partial charge >= 0.3 is 0 Å². The molecule has 1 heterocycles. The molecule has 2 N–H and O–H groups in total. The number of aliphatic hydroxyl groups is 1. The smallest absolute Gasteiger partial charge is 0.220 e. The van der Waals surface area contributed by atoms with Gasteiger partial charge in [-0.25, -0.2) is 0 Å². The fraction of sp³-hybridized carbons (Fsp3) is 0.643. The molecule has 0 aliphatic heterocycles. The van der Waals surface area contributed by atoms with E-state index < -0.39 is 5.60 Å². The minimum absolute atomic E-state index is 0.0211. The summed E-state index contributed by atoms with van der Waals surface area (Å²) in [4.78, 5) is 11.6. The van der Waals surface area contributed by atoms with Gasteiger partial charge in [0.1, 0.15) is 17.1 Å². The molecule has 1 aromatic heterocycles. The third-order valence-corrected chi connectivity index (χ3v) is 3.70. The maximum absolute atomic E-state index is 11.6. The van der Waals surface area contributed by atoms with Gasteiger partial charge in [-0.1, -0.05) is 0 Å². The van der Waals surface area contributed by atoms with Crippen LogP contribution in [-0.2, 0) is 10.4 Å². The van der Waals surface area contributed by atoms with E-state index in [0.29, 0.717) is 12.2 Å². The third kappa shape index (κ3) is 4.91. The van der Waals surface area contributed by atoms with E-state index in [4.69, 9.17) is 4.42 Å². The first kappa shape index (κ1) is 16.1. The fourth-order valence-electron chi connectivity index (χ4n) is 2.00. The Kier molecular flexibility index (Phi) is 5.94. The maximum atomic E-state index is 11.6. The number of rotatable bonds is 7. The second-order valence-corrected chi connectivity index (χ2v) is 5.96. The van der Waals surface area contributed by atoms with Crippen LogP contribution in [0.15, 0.2) is 10.5 Å². The molecule has 19 heavy (non-hydrogen) atoms. The molecule has 1 aromatic rings. The van der Waals surface area contributed by atoms with Crippen LogP contribution < -0.4 is 5.32 Å². The summed E-state index contributed by atoms with van der Waals surface area (Å²) >= 11 is 1.73. The molecule has 1 rings (SSSR count). The molecule has 0 aliphatic carbocycles. The van der Waals surface area contributed by atoms with Crippen molar-refractivity contribution in [3.63, 3.8) is 0 Å². The minimum Gasteiger partial charge on any atom is -0.466 e. The zero-order valence-electron chi connectivity index (χ0n) is 12.1. The molecule has 0 saturated heterocycles.